The molecule has 0 radical (unpaired) electrons. The number of carbonyl (C=O) groups excluding carboxylic acids is 1. The predicted molar refractivity (Wildman–Crippen MR) is 110 cm³/mol. The molecule has 2 heterocycles. The summed E-state index contributed by atoms with van der Waals surface area (Å²) in [5.74, 6) is -0.0358. The minimum absolute atomic E-state index is 0.0358. The van der Waals surface area contributed by atoms with Gasteiger partial charge in [-0.05, 0) is 41.8 Å². The van der Waals surface area contributed by atoms with Gasteiger partial charge in [-0.1, -0.05) is 49.7 Å². The van der Waals surface area contributed by atoms with Crippen molar-refractivity contribution in [3.8, 4) is 0 Å². The molecule has 0 atom stereocenters. The SMILES string of the molecule is CCCCc1ccc2c(N)c(C(=O)c3ccc4ccccc4c3)sc2n1. The first-order valence-electron chi connectivity index (χ1n) is 8.88. The van der Waals surface area contributed by atoms with Gasteiger partial charge in [-0.2, -0.15) is 0 Å². The van der Waals surface area contributed by atoms with Crippen molar-refractivity contribution in [1.29, 1.82) is 0 Å². The summed E-state index contributed by atoms with van der Waals surface area (Å²) in [6.07, 6.45) is 3.21. The number of nitrogen functional groups attached to an aromatic ring is 1. The average molecular weight is 360 g/mol. The number of hydrogen-bond donors (Lipinski definition) is 1. The molecule has 0 spiro atoms. The number of aryl methyl sites for hydroxylation is 1. The number of anilines is 1. The van der Waals surface area contributed by atoms with Gasteiger partial charge in [0.15, 0.2) is 0 Å². The molecule has 2 aromatic carbocycles. The van der Waals surface area contributed by atoms with E-state index in [2.05, 4.69) is 6.92 Å². The molecule has 0 aliphatic rings. The zero-order valence-electron chi connectivity index (χ0n) is 14.7. The number of thiophene rings is 1. The Morgan fingerprint density at radius 1 is 1.08 bits per heavy atom. The summed E-state index contributed by atoms with van der Waals surface area (Å²) in [6.45, 7) is 2.17. The molecule has 3 nitrogen and oxygen atoms in total. The number of unbranched alkanes of at least 4 members (excludes halogenated alkanes) is 1. The monoisotopic (exact) mass is 360 g/mol. The second-order valence-corrected chi connectivity index (χ2v) is 7.49. The van der Waals surface area contributed by atoms with E-state index in [1.54, 1.807) is 0 Å². The number of fused-ring (bicyclic) bond motifs is 2. The van der Waals surface area contributed by atoms with Gasteiger partial charge in [0.25, 0.3) is 0 Å². The molecule has 2 aromatic heterocycles. The first-order valence-corrected chi connectivity index (χ1v) is 9.70. The van der Waals surface area contributed by atoms with E-state index in [0.717, 1.165) is 45.9 Å². The van der Waals surface area contributed by atoms with Crippen LogP contribution in [-0.2, 0) is 6.42 Å². The van der Waals surface area contributed by atoms with Gasteiger partial charge < -0.3 is 5.73 Å². The number of nitrogens with two attached hydrogens (primary N) is 1. The van der Waals surface area contributed by atoms with Crippen molar-refractivity contribution in [1.82, 2.24) is 4.98 Å². The van der Waals surface area contributed by atoms with Crippen LogP contribution in [0.15, 0.2) is 54.6 Å². The Bertz CT molecular complexity index is 1110. The number of benzene rings is 2. The van der Waals surface area contributed by atoms with E-state index in [1.165, 1.54) is 11.3 Å². The van der Waals surface area contributed by atoms with Gasteiger partial charge in [-0.15, -0.1) is 11.3 Å². The summed E-state index contributed by atoms with van der Waals surface area (Å²) in [5, 5.41) is 3.05. The van der Waals surface area contributed by atoms with Crippen LogP contribution in [-0.4, -0.2) is 10.8 Å². The molecule has 0 aliphatic heterocycles. The lowest BCUT2D eigenvalue weighted by Gasteiger charge is -2.03. The van der Waals surface area contributed by atoms with Crippen molar-refractivity contribution in [3.05, 3.63) is 70.7 Å². The number of hydrogen-bond acceptors (Lipinski definition) is 4. The van der Waals surface area contributed by atoms with Gasteiger partial charge in [-0.3, -0.25) is 4.79 Å². The Labute approximate surface area is 156 Å². The molecule has 4 aromatic rings. The lowest BCUT2D eigenvalue weighted by Crippen LogP contribution is -2.02. The molecule has 130 valence electrons. The summed E-state index contributed by atoms with van der Waals surface area (Å²) in [6, 6.07) is 17.8. The van der Waals surface area contributed by atoms with E-state index in [0.29, 0.717) is 16.1 Å². The molecule has 26 heavy (non-hydrogen) atoms. The van der Waals surface area contributed by atoms with Crippen LogP contribution >= 0.6 is 11.3 Å². The van der Waals surface area contributed by atoms with Gasteiger partial charge >= 0.3 is 0 Å². The van der Waals surface area contributed by atoms with E-state index in [4.69, 9.17) is 10.7 Å². The van der Waals surface area contributed by atoms with Crippen LogP contribution < -0.4 is 5.73 Å². The van der Waals surface area contributed by atoms with Gasteiger partial charge in [0.05, 0.1) is 5.69 Å². The van der Waals surface area contributed by atoms with Crippen molar-refractivity contribution in [2.45, 2.75) is 26.2 Å². The number of aromatic nitrogens is 1. The Hall–Kier alpha value is -2.72. The number of rotatable bonds is 5. The van der Waals surface area contributed by atoms with Crippen LogP contribution in [0.2, 0.25) is 0 Å². The topological polar surface area (TPSA) is 56.0 Å². The zero-order valence-corrected chi connectivity index (χ0v) is 15.5. The third-order valence-electron chi connectivity index (χ3n) is 4.66. The third-order valence-corrected chi connectivity index (χ3v) is 5.77. The number of nitrogens with zero attached hydrogens (tertiary/aromatic N) is 1. The molecular formula is C22H20N2OS. The van der Waals surface area contributed by atoms with E-state index in [9.17, 15) is 4.79 Å². The first kappa shape index (κ1) is 16.7. The van der Waals surface area contributed by atoms with Crippen molar-refractivity contribution in [3.63, 3.8) is 0 Å². The molecule has 0 amide bonds. The number of pyridine rings is 1. The normalized spacial score (nSPS) is 11.3. The highest BCUT2D eigenvalue weighted by Gasteiger charge is 2.19. The maximum absolute atomic E-state index is 13.0. The van der Waals surface area contributed by atoms with Crippen molar-refractivity contribution >= 4 is 43.8 Å². The van der Waals surface area contributed by atoms with Gasteiger partial charge in [0, 0.05) is 16.6 Å². The minimum atomic E-state index is -0.0358. The van der Waals surface area contributed by atoms with E-state index in [1.807, 2.05) is 54.6 Å². The highest BCUT2D eigenvalue weighted by molar-refractivity contribution is 7.21. The fourth-order valence-corrected chi connectivity index (χ4v) is 4.24. The van der Waals surface area contributed by atoms with Crippen molar-refractivity contribution < 1.29 is 4.79 Å². The summed E-state index contributed by atoms with van der Waals surface area (Å²) >= 11 is 1.39. The molecule has 0 aliphatic carbocycles. The Morgan fingerprint density at radius 3 is 2.69 bits per heavy atom. The molecule has 4 heteroatoms. The molecular weight excluding hydrogens is 340 g/mol. The van der Waals surface area contributed by atoms with Gasteiger partial charge in [0.1, 0.15) is 9.71 Å². The standard InChI is InChI=1S/C22H20N2OS/c1-2-3-8-17-11-12-18-19(23)21(26-22(18)24-17)20(25)16-10-9-14-6-4-5-7-15(14)13-16/h4-7,9-13H,2-3,8,23H2,1H3. The Balaban J connectivity index is 1.74. The van der Waals surface area contributed by atoms with E-state index >= 15 is 0 Å². The van der Waals surface area contributed by atoms with Gasteiger partial charge in [-0.25, -0.2) is 4.98 Å². The molecule has 0 fully saturated rings. The molecule has 4 rings (SSSR count). The van der Waals surface area contributed by atoms with Crippen LogP contribution in [0.25, 0.3) is 21.0 Å². The quantitative estimate of drug-likeness (QED) is 0.471. The van der Waals surface area contributed by atoms with Crippen molar-refractivity contribution in [2.24, 2.45) is 0 Å². The second-order valence-electron chi connectivity index (χ2n) is 6.49. The Morgan fingerprint density at radius 2 is 1.88 bits per heavy atom. The molecule has 0 saturated heterocycles. The lowest BCUT2D eigenvalue weighted by molar-refractivity contribution is 0.104. The van der Waals surface area contributed by atoms with Crippen LogP contribution in [0, 0.1) is 0 Å². The van der Waals surface area contributed by atoms with E-state index in [-0.39, 0.29) is 5.78 Å². The van der Waals surface area contributed by atoms with Crippen molar-refractivity contribution in [2.75, 3.05) is 5.73 Å². The van der Waals surface area contributed by atoms with Crippen LogP contribution in [0.1, 0.15) is 40.7 Å². The fraction of sp³-hybridized carbons (Fsp3) is 0.182. The predicted octanol–water partition coefficient (Wildman–Crippen LogP) is 5.61. The average Bonchev–Trinajstić information content (AvgIpc) is 3.01. The summed E-state index contributed by atoms with van der Waals surface area (Å²) in [5.41, 5.74) is 8.55. The molecule has 2 N–H and O–H groups in total. The zero-order chi connectivity index (χ0) is 18.1. The second kappa shape index (κ2) is 6.89. The maximum Gasteiger partial charge on any atom is 0.205 e. The fourth-order valence-electron chi connectivity index (χ4n) is 3.16. The highest BCUT2D eigenvalue weighted by Crippen LogP contribution is 2.34. The molecule has 0 unspecified atom stereocenters. The molecule has 0 saturated carbocycles. The minimum Gasteiger partial charge on any atom is -0.397 e. The van der Waals surface area contributed by atoms with Crippen LogP contribution in [0.5, 0.6) is 0 Å². The smallest absolute Gasteiger partial charge is 0.205 e. The third kappa shape index (κ3) is 2.97. The van der Waals surface area contributed by atoms with Gasteiger partial charge in [0.2, 0.25) is 5.78 Å². The summed E-state index contributed by atoms with van der Waals surface area (Å²) in [7, 11) is 0. The summed E-state index contributed by atoms with van der Waals surface area (Å²) < 4.78 is 0. The Kier molecular flexibility index (Phi) is 4.43. The van der Waals surface area contributed by atoms with Crippen LogP contribution in [0.3, 0.4) is 0 Å². The maximum atomic E-state index is 13.0. The summed E-state index contributed by atoms with van der Waals surface area (Å²) in [4.78, 5) is 19.2. The highest BCUT2D eigenvalue weighted by atomic mass is 32.1. The van der Waals surface area contributed by atoms with Crippen LogP contribution in [0.4, 0.5) is 5.69 Å². The number of ketones is 1. The lowest BCUT2D eigenvalue weighted by atomic mass is 10.0. The number of carbonyl (C=O) groups is 1. The molecule has 0 bridgehead atoms. The first-order chi connectivity index (χ1) is 12.7. The van der Waals surface area contributed by atoms with E-state index < -0.39 is 0 Å². The largest absolute Gasteiger partial charge is 0.397 e.